The van der Waals surface area contributed by atoms with Crippen LogP contribution in [0.3, 0.4) is 0 Å². The Morgan fingerprint density at radius 1 is 1.55 bits per heavy atom. The molecule has 0 atom stereocenters. The van der Waals surface area contributed by atoms with E-state index in [-0.39, 0.29) is 15.6 Å². The molecule has 0 aromatic carbocycles. The van der Waals surface area contributed by atoms with Crippen molar-refractivity contribution < 1.29 is 18.3 Å². The lowest BCUT2D eigenvalue weighted by atomic mass is 10.3. The average Bonchev–Trinajstić information content (AvgIpc) is 2.98. The number of aryl methyl sites for hydroxylation is 1. The van der Waals surface area contributed by atoms with Crippen LogP contribution < -0.4 is 0 Å². The van der Waals surface area contributed by atoms with Crippen LogP contribution in [0.1, 0.15) is 20.8 Å². The van der Waals surface area contributed by atoms with Crippen LogP contribution in [-0.4, -0.2) is 41.0 Å². The average molecular weight is 315 g/mol. The van der Waals surface area contributed by atoms with Gasteiger partial charge in [0.25, 0.3) is 10.0 Å². The molecule has 108 valence electrons. The van der Waals surface area contributed by atoms with E-state index >= 15 is 0 Å². The van der Waals surface area contributed by atoms with E-state index in [1.165, 1.54) is 19.3 Å². The number of carboxylic acids is 1. The summed E-state index contributed by atoms with van der Waals surface area (Å²) < 4.78 is 25.9. The highest BCUT2D eigenvalue weighted by molar-refractivity contribution is 7.91. The second kappa shape index (κ2) is 5.35. The largest absolute Gasteiger partial charge is 0.477 e. The van der Waals surface area contributed by atoms with Crippen molar-refractivity contribution in [3.63, 3.8) is 0 Å². The van der Waals surface area contributed by atoms with E-state index in [1.54, 1.807) is 13.1 Å². The Bertz CT molecular complexity index is 719. The van der Waals surface area contributed by atoms with Crippen molar-refractivity contribution in [1.29, 1.82) is 0 Å². The SMILES string of the molecule is Cc1cc(S(=O)(=O)N(C)Cc2cn[nH]c2)sc1C(=O)O. The molecule has 0 aliphatic rings. The predicted octanol–water partition coefficient (Wildman–Crippen LogP) is 1.30. The number of aromatic amines is 1. The van der Waals surface area contributed by atoms with Crippen LogP contribution in [0.25, 0.3) is 0 Å². The fourth-order valence-corrected chi connectivity index (χ4v) is 4.40. The van der Waals surface area contributed by atoms with Crippen molar-refractivity contribution in [2.24, 2.45) is 0 Å². The number of thiophene rings is 1. The fraction of sp³-hybridized carbons (Fsp3) is 0.273. The zero-order chi connectivity index (χ0) is 14.9. The maximum atomic E-state index is 12.4. The van der Waals surface area contributed by atoms with Crippen molar-refractivity contribution in [3.05, 3.63) is 34.5 Å². The molecule has 0 fully saturated rings. The lowest BCUT2D eigenvalue weighted by molar-refractivity contribution is 0.0701. The first-order chi connectivity index (χ1) is 9.32. The number of rotatable bonds is 5. The van der Waals surface area contributed by atoms with E-state index in [0.717, 1.165) is 21.2 Å². The lowest BCUT2D eigenvalue weighted by Gasteiger charge is -2.14. The first-order valence-electron chi connectivity index (χ1n) is 5.60. The third-order valence-electron chi connectivity index (χ3n) is 2.71. The van der Waals surface area contributed by atoms with Crippen molar-refractivity contribution in [2.75, 3.05) is 7.05 Å². The molecular weight excluding hydrogens is 302 g/mol. The molecule has 0 saturated carbocycles. The number of carboxylic acid groups (broad SMARTS) is 1. The molecule has 0 bridgehead atoms. The van der Waals surface area contributed by atoms with Gasteiger partial charge in [-0.25, -0.2) is 13.2 Å². The van der Waals surface area contributed by atoms with Gasteiger partial charge in [0, 0.05) is 25.4 Å². The Hall–Kier alpha value is -1.71. The Labute approximate surface area is 119 Å². The molecule has 0 aliphatic heterocycles. The van der Waals surface area contributed by atoms with Crippen molar-refractivity contribution in [1.82, 2.24) is 14.5 Å². The molecule has 20 heavy (non-hydrogen) atoms. The third kappa shape index (κ3) is 2.74. The van der Waals surface area contributed by atoms with Crippen LogP contribution in [-0.2, 0) is 16.6 Å². The van der Waals surface area contributed by atoms with E-state index in [2.05, 4.69) is 10.2 Å². The van der Waals surface area contributed by atoms with Crippen LogP contribution in [0.2, 0.25) is 0 Å². The molecule has 0 aliphatic carbocycles. The summed E-state index contributed by atoms with van der Waals surface area (Å²) in [7, 11) is -2.26. The van der Waals surface area contributed by atoms with Crippen LogP contribution in [0, 0.1) is 6.92 Å². The summed E-state index contributed by atoms with van der Waals surface area (Å²) in [4.78, 5) is 11.0. The highest BCUT2D eigenvalue weighted by Gasteiger charge is 2.26. The second-order valence-corrected chi connectivity index (χ2v) is 7.57. The van der Waals surface area contributed by atoms with E-state index in [0.29, 0.717) is 5.56 Å². The third-order valence-corrected chi connectivity index (χ3v) is 6.19. The standard InChI is InChI=1S/C11H13N3O4S2/c1-7-3-9(19-10(7)11(15)16)20(17,18)14(2)6-8-4-12-13-5-8/h3-5H,6H2,1-2H3,(H,12,13)(H,15,16). The molecule has 7 nitrogen and oxygen atoms in total. The molecule has 2 aromatic heterocycles. The molecule has 0 saturated heterocycles. The quantitative estimate of drug-likeness (QED) is 0.865. The van der Waals surface area contributed by atoms with Gasteiger partial charge in [-0.15, -0.1) is 11.3 Å². The highest BCUT2D eigenvalue weighted by Crippen LogP contribution is 2.28. The Kier molecular flexibility index (Phi) is 3.93. The van der Waals surface area contributed by atoms with Crippen molar-refractivity contribution in [2.45, 2.75) is 17.7 Å². The fourth-order valence-electron chi connectivity index (χ4n) is 1.65. The summed E-state index contributed by atoms with van der Waals surface area (Å²) >= 11 is 0.763. The molecular formula is C11H13N3O4S2. The first-order valence-corrected chi connectivity index (χ1v) is 7.85. The van der Waals surface area contributed by atoms with E-state index in [1.807, 2.05) is 0 Å². The van der Waals surface area contributed by atoms with E-state index in [9.17, 15) is 13.2 Å². The van der Waals surface area contributed by atoms with Gasteiger partial charge in [0.2, 0.25) is 0 Å². The molecule has 2 aromatic rings. The Balaban J connectivity index is 2.30. The number of H-pyrrole nitrogens is 1. The van der Waals surface area contributed by atoms with Crippen LogP contribution in [0.5, 0.6) is 0 Å². The smallest absolute Gasteiger partial charge is 0.346 e. The number of sulfonamides is 1. The normalized spacial score (nSPS) is 11.9. The monoisotopic (exact) mass is 315 g/mol. The summed E-state index contributed by atoms with van der Waals surface area (Å²) in [6.07, 6.45) is 3.14. The molecule has 0 amide bonds. The molecule has 2 rings (SSSR count). The number of carbonyl (C=O) groups is 1. The van der Waals surface area contributed by atoms with E-state index in [4.69, 9.17) is 5.11 Å². The Morgan fingerprint density at radius 2 is 2.25 bits per heavy atom. The number of hydrogen-bond acceptors (Lipinski definition) is 5. The molecule has 9 heteroatoms. The van der Waals surface area contributed by atoms with Gasteiger partial charge in [0.05, 0.1) is 6.20 Å². The zero-order valence-corrected chi connectivity index (χ0v) is 12.5. The molecule has 0 spiro atoms. The minimum atomic E-state index is -3.70. The van der Waals surface area contributed by atoms with Crippen molar-refractivity contribution in [3.8, 4) is 0 Å². The maximum Gasteiger partial charge on any atom is 0.346 e. The summed E-state index contributed by atoms with van der Waals surface area (Å²) in [5.74, 6) is -1.12. The first kappa shape index (κ1) is 14.7. The highest BCUT2D eigenvalue weighted by atomic mass is 32.2. The van der Waals surface area contributed by atoms with Gasteiger partial charge < -0.3 is 5.11 Å². The Morgan fingerprint density at radius 3 is 2.75 bits per heavy atom. The maximum absolute atomic E-state index is 12.4. The summed E-state index contributed by atoms with van der Waals surface area (Å²) in [5.41, 5.74) is 1.17. The topological polar surface area (TPSA) is 103 Å². The zero-order valence-electron chi connectivity index (χ0n) is 10.8. The molecule has 0 unspecified atom stereocenters. The van der Waals surface area contributed by atoms with E-state index < -0.39 is 16.0 Å². The second-order valence-electron chi connectivity index (χ2n) is 4.25. The summed E-state index contributed by atoms with van der Waals surface area (Å²) in [5, 5.41) is 15.3. The van der Waals surface area contributed by atoms with Gasteiger partial charge in [-0.3, -0.25) is 5.10 Å². The summed E-state index contributed by atoms with van der Waals surface area (Å²) in [6, 6.07) is 1.38. The molecule has 0 radical (unpaired) electrons. The van der Waals surface area contributed by atoms with Crippen LogP contribution >= 0.6 is 11.3 Å². The number of nitrogens with one attached hydrogen (secondary N) is 1. The lowest BCUT2D eigenvalue weighted by Crippen LogP contribution is -2.25. The van der Waals surface area contributed by atoms with Crippen LogP contribution in [0.15, 0.2) is 22.7 Å². The number of aromatic nitrogens is 2. The van der Waals surface area contributed by atoms with Gasteiger partial charge in [-0.2, -0.15) is 9.40 Å². The minimum absolute atomic E-state index is 0.0263. The van der Waals surface area contributed by atoms with Gasteiger partial charge in [0.1, 0.15) is 9.09 Å². The predicted molar refractivity (Wildman–Crippen MR) is 73.3 cm³/mol. The van der Waals surface area contributed by atoms with Gasteiger partial charge in [0.15, 0.2) is 0 Å². The number of aromatic carboxylic acids is 1. The summed E-state index contributed by atoms with van der Waals surface area (Å²) in [6.45, 7) is 1.74. The number of nitrogens with zero attached hydrogens (tertiary/aromatic N) is 2. The van der Waals surface area contributed by atoms with Gasteiger partial charge >= 0.3 is 5.97 Å². The van der Waals surface area contributed by atoms with Gasteiger partial charge in [-0.1, -0.05) is 0 Å². The van der Waals surface area contributed by atoms with Crippen molar-refractivity contribution >= 4 is 27.3 Å². The molecule has 2 heterocycles. The minimum Gasteiger partial charge on any atom is -0.477 e. The van der Waals surface area contributed by atoms with Crippen LogP contribution in [0.4, 0.5) is 0 Å². The number of hydrogen-bond donors (Lipinski definition) is 2. The molecule has 2 N–H and O–H groups in total. The van der Waals surface area contributed by atoms with Gasteiger partial charge in [-0.05, 0) is 18.6 Å².